The molecule has 0 spiro atoms. The Morgan fingerprint density at radius 2 is 1.21 bits per heavy atom. The van der Waals surface area contributed by atoms with Gasteiger partial charge in [0.05, 0.1) is 0 Å². The van der Waals surface area contributed by atoms with Gasteiger partial charge in [0, 0.05) is 6.42 Å². The van der Waals surface area contributed by atoms with Gasteiger partial charge in [-0.15, -0.1) is 0 Å². The van der Waals surface area contributed by atoms with E-state index in [0.29, 0.717) is 13.0 Å². The maximum absolute atomic E-state index is 11.6. The van der Waals surface area contributed by atoms with Crippen LogP contribution in [0.4, 0.5) is 0 Å². The molecule has 170 valence electrons. The fourth-order valence-corrected chi connectivity index (χ4v) is 3.39. The van der Waals surface area contributed by atoms with Gasteiger partial charge in [-0.05, 0) is 44.4 Å². The van der Waals surface area contributed by atoms with Gasteiger partial charge in [0.15, 0.2) is 0 Å². The van der Waals surface area contributed by atoms with Gasteiger partial charge in [-0.1, -0.05) is 109 Å². The minimum absolute atomic E-state index is 0.0513. The normalized spacial score (nSPS) is 11.9. The Kier molecular flexibility index (Phi) is 22.4. The van der Waals surface area contributed by atoms with E-state index in [0.717, 1.165) is 31.6 Å². The second kappa shape index (κ2) is 23.2. The molecular weight excluding hydrogens is 356 g/mol. The summed E-state index contributed by atoms with van der Waals surface area (Å²) in [5, 5.41) is 0. The van der Waals surface area contributed by atoms with Crippen LogP contribution >= 0.6 is 0 Å². The van der Waals surface area contributed by atoms with Crippen molar-refractivity contribution in [3.05, 3.63) is 24.3 Å². The molecule has 0 aliphatic heterocycles. The van der Waals surface area contributed by atoms with Crippen LogP contribution in [0.25, 0.3) is 0 Å². The number of ether oxygens (including phenoxy) is 1. The minimum atomic E-state index is -0.0513. The molecule has 0 aromatic rings. The van der Waals surface area contributed by atoms with Crippen LogP contribution in [-0.2, 0) is 9.53 Å². The van der Waals surface area contributed by atoms with E-state index in [1.165, 1.54) is 77.0 Å². The second-order valence-electron chi connectivity index (χ2n) is 8.81. The Bertz CT molecular complexity index is 395. The summed E-state index contributed by atoms with van der Waals surface area (Å²) in [5.41, 5.74) is 0. The minimum Gasteiger partial charge on any atom is -0.461 e. The molecule has 0 radical (unpaired) electrons. The molecule has 0 aliphatic rings. The number of hydrogen-bond donors (Lipinski definition) is 0. The van der Waals surface area contributed by atoms with Crippen LogP contribution in [0, 0.1) is 5.92 Å². The Hall–Kier alpha value is -1.05. The third-order valence-corrected chi connectivity index (χ3v) is 5.28. The van der Waals surface area contributed by atoms with Crippen LogP contribution in [0.3, 0.4) is 0 Å². The van der Waals surface area contributed by atoms with Gasteiger partial charge in [-0.3, -0.25) is 4.79 Å². The fourth-order valence-electron chi connectivity index (χ4n) is 3.39. The van der Waals surface area contributed by atoms with Crippen molar-refractivity contribution in [3.8, 4) is 0 Å². The van der Waals surface area contributed by atoms with E-state index in [1.807, 2.05) is 6.08 Å². The number of esters is 1. The molecule has 0 rings (SSSR count). The Balaban J connectivity index is 3.23. The molecule has 0 saturated heterocycles. The van der Waals surface area contributed by atoms with Gasteiger partial charge in [0.25, 0.3) is 0 Å². The zero-order chi connectivity index (χ0) is 21.4. The zero-order valence-electron chi connectivity index (χ0n) is 19.9. The lowest BCUT2D eigenvalue weighted by molar-refractivity contribution is -0.142. The smallest absolute Gasteiger partial charge is 0.306 e. The van der Waals surface area contributed by atoms with E-state index in [4.69, 9.17) is 4.74 Å². The molecule has 2 heteroatoms. The number of allylic oxidation sites excluding steroid dienone is 3. The molecular formula is C27H50O2. The van der Waals surface area contributed by atoms with E-state index in [-0.39, 0.29) is 5.97 Å². The Morgan fingerprint density at radius 1 is 0.690 bits per heavy atom. The van der Waals surface area contributed by atoms with Gasteiger partial charge in [0.1, 0.15) is 6.61 Å². The first-order valence-corrected chi connectivity index (χ1v) is 12.6. The van der Waals surface area contributed by atoms with Crippen LogP contribution in [0.5, 0.6) is 0 Å². The highest BCUT2D eigenvalue weighted by molar-refractivity contribution is 5.69. The quantitative estimate of drug-likeness (QED) is 0.108. The van der Waals surface area contributed by atoms with Crippen LogP contribution < -0.4 is 0 Å². The summed E-state index contributed by atoms with van der Waals surface area (Å²) in [4.78, 5) is 11.6. The van der Waals surface area contributed by atoms with E-state index in [2.05, 4.69) is 39.0 Å². The van der Waals surface area contributed by atoms with Crippen molar-refractivity contribution in [3.63, 3.8) is 0 Å². The van der Waals surface area contributed by atoms with E-state index < -0.39 is 0 Å². The van der Waals surface area contributed by atoms with Crippen molar-refractivity contribution in [1.29, 1.82) is 0 Å². The summed E-state index contributed by atoms with van der Waals surface area (Å²) in [6, 6.07) is 0. The number of hydrogen-bond acceptors (Lipinski definition) is 2. The summed E-state index contributed by atoms with van der Waals surface area (Å²) in [6.07, 6.45) is 29.7. The standard InChI is InChI=1S/C27H50O2/c1-4-5-6-22-25-29-27(28)24-21-19-17-15-13-11-9-7-8-10-12-14-16-18-20-23-26(2)3/h6-7,9,22,26H,4-5,8,10-21,23-25H2,1-3H3/b9-7-,22-6-. The maximum Gasteiger partial charge on any atom is 0.306 e. The van der Waals surface area contributed by atoms with Crippen molar-refractivity contribution in [2.45, 2.75) is 130 Å². The molecule has 0 aromatic carbocycles. The van der Waals surface area contributed by atoms with Crippen LogP contribution in [0.1, 0.15) is 130 Å². The predicted octanol–water partition coefficient (Wildman–Crippen LogP) is 8.95. The SMILES string of the molecule is CCC/C=C\COC(=O)CCCCCCC/C=C\CCCCCCCCC(C)C. The zero-order valence-corrected chi connectivity index (χ0v) is 19.9. The largest absolute Gasteiger partial charge is 0.461 e. The summed E-state index contributed by atoms with van der Waals surface area (Å²) in [5.74, 6) is 0.816. The van der Waals surface area contributed by atoms with Crippen molar-refractivity contribution in [2.24, 2.45) is 5.92 Å². The van der Waals surface area contributed by atoms with E-state index in [1.54, 1.807) is 0 Å². The molecule has 0 heterocycles. The molecule has 0 saturated carbocycles. The maximum atomic E-state index is 11.6. The third-order valence-electron chi connectivity index (χ3n) is 5.28. The van der Waals surface area contributed by atoms with E-state index >= 15 is 0 Å². The number of carbonyl (C=O) groups excluding carboxylic acids is 1. The Labute approximate surface area is 182 Å². The lowest BCUT2D eigenvalue weighted by Gasteiger charge is -2.03. The molecule has 0 aromatic heterocycles. The first-order chi connectivity index (χ1) is 14.2. The molecule has 2 nitrogen and oxygen atoms in total. The summed E-state index contributed by atoms with van der Waals surface area (Å²) >= 11 is 0. The van der Waals surface area contributed by atoms with Gasteiger partial charge in [-0.2, -0.15) is 0 Å². The van der Waals surface area contributed by atoms with Gasteiger partial charge < -0.3 is 4.74 Å². The molecule has 0 unspecified atom stereocenters. The summed E-state index contributed by atoms with van der Waals surface area (Å²) in [6.45, 7) is 7.22. The summed E-state index contributed by atoms with van der Waals surface area (Å²) < 4.78 is 5.19. The molecule has 29 heavy (non-hydrogen) atoms. The van der Waals surface area contributed by atoms with Gasteiger partial charge in [-0.25, -0.2) is 0 Å². The number of unbranched alkanes of at least 4 members (excludes halogenated alkanes) is 12. The predicted molar refractivity (Wildman–Crippen MR) is 128 cm³/mol. The highest BCUT2D eigenvalue weighted by Gasteiger charge is 2.01. The first kappa shape index (κ1) is 27.9. The topological polar surface area (TPSA) is 26.3 Å². The Morgan fingerprint density at radius 3 is 1.79 bits per heavy atom. The molecule has 0 fully saturated rings. The second-order valence-corrected chi connectivity index (χ2v) is 8.81. The molecule has 0 amide bonds. The highest BCUT2D eigenvalue weighted by atomic mass is 16.5. The van der Waals surface area contributed by atoms with Gasteiger partial charge >= 0.3 is 5.97 Å². The molecule has 0 bridgehead atoms. The lowest BCUT2D eigenvalue weighted by Crippen LogP contribution is -2.03. The first-order valence-electron chi connectivity index (χ1n) is 12.6. The van der Waals surface area contributed by atoms with Gasteiger partial charge in [0.2, 0.25) is 0 Å². The number of carbonyl (C=O) groups is 1. The average Bonchev–Trinajstić information content (AvgIpc) is 2.70. The monoisotopic (exact) mass is 406 g/mol. The van der Waals surface area contributed by atoms with Crippen LogP contribution in [0.15, 0.2) is 24.3 Å². The lowest BCUT2D eigenvalue weighted by atomic mass is 10.0. The number of rotatable bonds is 21. The van der Waals surface area contributed by atoms with Crippen molar-refractivity contribution in [1.82, 2.24) is 0 Å². The molecule has 0 aliphatic carbocycles. The summed E-state index contributed by atoms with van der Waals surface area (Å²) in [7, 11) is 0. The third kappa shape index (κ3) is 24.9. The van der Waals surface area contributed by atoms with Crippen LogP contribution in [0.2, 0.25) is 0 Å². The van der Waals surface area contributed by atoms with Crippen molar-refractivity contribution in [2.75, 3.05) is 6.61 Å². The fraction of sp³-hybridized carbons (Fsp3) is 0.815. The van der Waals surface area contributed by atoms with Crippen LogP contribution in [-0.4, -0.2) is 12.6 Å². The molecule has 0 N–H and O–H groups in total. The molecule has 0 atom stereocenters. The van der Waals surface area contributed by atoms with Crippen molar-refractivity contribution < 1.29 is 9.53 Å². The average molecular weight is 407 g/mol. The van der Waals surface area contributed by atoms with Crippen molar-refractivity contribution >= 4 is 5.97 Å². The highest BCUT2D eigenvalue weighted by Crippen LogP contribution is 2.12. The van der Waals surface area contributed by atoms with E-state index in [9.17, 15) is 4.79 Å².